The summed E-state index contributed by atoms with van der Waals surface area (Å²) in [6.45, 7) is 0.701. The minimum absolute atomic E-state index is 0.0837. The van der Waals surface area contributed by atoms with Gasteiger partial charge in [-0.2, -0.15) is 0 Å². The number of rotatable bonds is 4. The second kappa shape index (κ2) is 8.22. The van der Waals surface area contributed by atoms with Gasteiger partial charge in [-0.15, -0.1) is 0 Å². The number of hydrogen-bond donors (Lipinski definition) is 2. The van der Waals surface area contributed by atoms with Crippen molar-refractivity contribution in [1.29, 1.82) is 0 Å². The molecule has 6 heteroatoms. The van der Waals surface area contributed by atoms with Gasteiger partial charge < -0.3 is 4.90 Å². The van der Waals surface area contributed by atoms with E-state index in [0.717, 1.165) is 18.5 Å². The van der Waals surface area contributed by atoms with Crippen LogP contribution in [0.2, 0.25) is 0 Å². The van der Waals surface area contributed by atoms with Crippen LogP contribution in [0, 0.1) is 0 Å². The molecule has 2 N–H and O–H groups in total. The molecule has 0 unspecified atom stereocenters. The van der Waals surface area contributed by atoms with Crippen molar-refractivity contribution in [2.75, 3.05) is 11.4 Å². The molecule has 0 radical (unpaired) electrons. The fraction of sp³-hybridized carbons (Fsp3) is 0.150. The number of para-hydroxylation sites is 1. The molecule has 1 aliphatic heterocycles. The number of carbonyl (C=O) groups excluding carboxylic acids is 2. The molecule has 26 heavy (non-hydrogen) atoms. The molecule has 2 aromatic rings. The maximum Gasteiger partial charge on any atom is 0.267 e. The molecule has 0 atom stereocenters. The molecule has 3 rings (SSSR count). The SMILES string of the molecule is O=C(C=Cc1cccc(C=CC(=O)N2CCCc3ccccc32)n1)NO. The molecule has 0 spiro atoms. The Morgan fingerprint density at radius 3 is 2.54 bits per heavy atom. The highest BCUT2D eigenvalue weighted by atomic mass is 16.5. The van der Waals surface area contributed by atoms with E-state index >= 15 is 0 Å². The maximum atomic E-state index is 12.6. The number of carbonyl (C=O) groups is 2. The van der Waals surface area contributed by atoms with E-state index in [0.29, 0.717) is 17.9 Å². The van der Waals surface area contributed by atoms with E-state index in [2.05, 4.69) is 11.1 Å². The maximum absolute atomic E-state index is 12.6. The predicted molar refractivity (Wildman–Crippen MR) is 99.4 cm³/mol. The normalized spacial score (nSPS) is 13.8. The summed E-state index contributed by atoms with van der Waals surface area (Å²) < 4.78 is 0. The molecule has 0 fully saturated rings. The Morgan fingerprint density at radius 2 is 1.77 bits per heavy atom. The Kier molecular flexibility index (Phi) is 5.56. The number of aromatic nitrogens is 1. The van der Waals surface area contributed by atoms with Crippen LogP contribution >= 0.6 is 0 Å². The highest BCUT2D eigenvalue weighted by molar-refractivity contribution is 6.04. The number of hydrogen-bond acceptors (Lipinski definition) is 4. The Labute approximate surface area is 151 Å². The summed E-state index contributed by atoms with van der Waals surface area (Å²) in [6, 6.07) is 13.2. The Bertz CT molecular complexity index is 874. The van der Waals surface area contributed by atoms with Crippen LogP contribution in [-0.4, -0.2) is 28.6 Å². The van der Waals surface area contributed by atoms with Gasteiger partial charge >= 0.3 is 0 Å². The van der Waals surface area contributed by atoms with E-state index < -0.39 is 5.91 Å². The molecule has 132 valence electrons. The van der Waals surface area contributed by atoms with Crippen molar-refractivity contribution in [2.45, 2.75) is 12.8 Å². The lowest BCUT2D eigenvalue weighted by Crippen LogP contribution is -2.34. The van der Waals surface area contributed by atoms with E-state index in [1.165, 1.54) is 29.3 Å². The number of pyridine rings is 1. The number of aryl methyl sites for hydroxylation is 1. The van der Waals surface area contributed by atoms with Gasteiger partial charge in [0.25, 0.3) is 11.8 Å². The summed E-state index contributed by atoms with van der Waals surface area (Å²) in [4.78, 5) is 29.7. The Morgan fingerprint density at radius 1 is 1.04 bits per heavy atom. The van der Waals surface area contributed by atoms with E-state index in [-0.39, 0.29) is 5.91 Å². The van der Waals surface area contributed by atoms with Crippen molar-refractivity contribution >= 4 is 29.7 Å². The number of fused-ring (bicyclic) bond motifs is 1. The molecule has 1 aromatic heterocycles. The smallest absolute Gasteiger partial charge is 0.267 e. The standard InChI is InChI=1S/C20H19N3O3/c24-19(22-26)12-10-16-7-3-8-17(21-16)11-13-20(25)23-14-4-6-15-5-1-2-9-18(15)23/h1-3,5,7-13,26H,4,6,14H2,(H,22,24). The Balaban J connectivity index is 1.73. The van der Waals surface area contributed by atoms with Crippen LogP contribution in [0.5, 0.6) is 0 Å². The van der Waals surface area contributed by atoms with Crippen LogP contribution in [-0.2, 0) is 16.0 Å². The van der Waals surface area contributed by atoms with Crippen LogP contribution in [0.15, 0.2) is 54.6 Å². The summed E-state index contributed by atoms with van der Waals surface area (Å²) >= 11 is 0. The molecule has 0 saturated carbocycles. The van der Waals surface area contributed by atoms with Gasteiger partial charge in [-0.3, -0.25) is 14.8 Å². The second-order valence-corrected chi connectivity index (χ2v) is 5.85. The van der Waals surface area contributed by atoms with Gasteiger partial charge in [-0.25, -0.2) is 10.5 Å². The molecule has 6 nitrogen and oxygen atoms in total. The van der Waals surface area contributed by atoms with Crippen LogP contribution < -0.4 is 10.4 Å². The third-order valence-electron chi connectivity index (χ3n) is 4.08. The van der Waals surface area contributed by atoms with E-state index in [9.17, 15) is 9.59 Å². The minimum Gasteiger partial charge on any atom is -0.309 e. The number of nitrogens with one attached hydrogen (secondary N) is 1. The second-order valence-electron chi connectivity index (χ2n) is 5.85. The van der Waals surface area contributed by atoms with Gasteiger partial charge in [0, 0.05) is 24.4 Å². The lowest BCUT2D eigenvalue weighted by Gasteiger charge is -2.28. The molecule has 1 aliphatic rings. The van der Waals surface area contributed by atoms with Gasteiger partial charge in [0.1, 0.15) is 0 Å². The zero-order valence-electron chi connectivity index (χ0n) is 14.1. The fourth-order valence-electron chi connectivity index (χ4n) is 2.86. The third-order valence-corrected chi connectivity index (χ3v) is 4.08. The zero-order chi connectivity index (χ0) is 18.4. The summed E-state index contributed by atoms with van der Waals surface area (Å²) in [6.07, 6.45) is 7.75. The van der Waals surface area contributed by atoms with E-state index in [1.54, 1.807) is 29.2 Å². The summed E-state index contributed by atoms with van der Waals surface area (Å²) in [5.74, 6) is -0.716. The van der Waals surface area contributed by atoms with Crippen molar-refractivity contribution in [3.05, 3.63) is 71.6 Å². The molecule has 2 heterocycles. The van der Waals surface area contributed by atoms with Crippen molar-refractivity contribution in [3.8, 4) is 0 Å². The number of anilines is 1. The van der Waals surface area contributed by atoms with Crippen molar-refractivity contribution < 1.29 is 14.8 Å². The highest BCUT2D eigenvalue weighted by Crippen LogP contribution is 2.26. The number of benzene rings is 1. The largest absolute Gasteiger partial charge is 0.309 e. The molecule has 1 aromatic carbocycles. The van der Waals surface area contributed by atoms with Crippen molar-refractivity contribution in [2.24, 2.45) is 0 Å². The Hall–Kier alpha value is -3.25. The van der Waals surface area contributed by atoms with Gasteiger partial charge in [-0.05, 0) is 48.8 Å². The van der Waals surface area contributed by atoms with Crippen molar-refractivity contribution in [1.82, 2.24) is 10.5 Å². The topological polar surface area (TPSA) is 82.5 Å². The monoisotopic (exact) mass is 349 g/mol. The van der Waals surface area contributed by atoms with Gasteiger partial charge in [0.15, 0.2) is 0 Å². The van der Waals surface area contributed by atoms with Crippen LogP contribution in [0.25, 0.3) is 12.2 Å². The van der Waals surface area contributed by atoms with Crippen LogP contribution in [0.4, 0.5) is 5.69 Å². The number of amides is 2. The molecule has 2 amide bonds. The van der Waals surface area contributed by atoms with Gasteiger partial charge in [0.05, 0.1) is 11.4 Å². The first kappa shape index (κ1) is 17.6. The minimum atomic E-state index is -0.633. The quantitative estimate of drug-likeness (QED) is 0.505. The van der Waals surface area contributed by atoms with Gasteiger partial charge in [0.2, 0.25) is 0 Å². The summed E-state index contributed by atoms with van der Waals surface area (Å²) in [7, 11) is 0. The predicted octanol–water partition coefficient (Wildman–Crippen LogP) is 2.59. The summed E-state index contributed by atoms with van der Waals surface area (Å²) in [5, 5.41) is 8.48. The van der Waals surface area contributed by atoms with Gasteiger partial charge in [-0.1, -0.05) is 24.3 Å². The first-order chi connectivity index (χ1) is 12.7. The average molecular weight is 349 g/mol. The molecule has 0 bridgehead atoms. The molecular weight excluding hydrogens is 330 g/mol. The first-order valence-electron chi connectivity index (χ1n) is 8.34. The molecule has 0 aliphatic carbocycles. The first-order valence-corrected chi connectivity index (χ1v) is 8.34. The van der Waals surface area contributed by atoms with E-state index in [4.69, 9.17) is 5.21 Å². The lowest BCUT2D eigenvalue weighted by molar-refractivity contribution is -0.124. The number of nitrogens with zero attached hydrogens (tertiary/aromatic N) is 2. The molecule has 0 saturated heterocycles. The number of hydroxylamine groups is 1. The molecular formula is C20H19N3O3. The highest BCUT2D eigenvalue weighted by Gasteiger charge is 2.20. The van der Waals surface area contributed by atoms with Crippen LogP contribution in [0.3, 0.4) is 0 Å². The third kappa shape index (κ3) is 4.23. The van der Waals surface area contributed by atoms with Crippen molar-refractivity contribution in [3.63, 3.8) is 0 Å². The van der Waals surface area contributed by atoms with Crippen LogP contribution in [0.1, 0.15) is 23.4 Å². The van der Waals surface area contributed by atoms with E-state index in [1.807, 2.05) is 18.2 Å². The fourth-order valence-corrected chi connectivity index (χ4v) is 2.86. The average Bonchev–Trinajstić information content (AvgIpc) is 2.70. The lowest BCUT2D eigenvalue weighted by atomic mass is 10.0. The zero-order valence-corrected chi connectivity index (χ0v) is 14.1. The summed E-state index contributed by atoms with van der Waals surface area (Å²) in [5.41, 5.74) is 4.82.